The molecule has 19 heavy (non-hydrogen) atoms. The van der Waals surface area contributed by atoms with Crippen LogP contribution < -0.4 is 10.6 Å². The first-order valence-electron chi connectivity index (χ1n) is 7.04. The zero-order valence-corrected chi connectivity index (χ0v) is 11.3. The molecule has 1 aliphatic carbocycles. The van der Waals surface area contributed by atoms with Gasteiger partial charge in [-0.25, -0.2) is 13.8 Å². The van der Waals surface area contributed by atoms with Crippen LogP contribution in [0.3, 0.4) is 0 Å². The van der Waals surface area contributed by atoms with Gasteiger partial charge in [0, 0.05) is 19.2 Å². The van der Waals surface area contributed by atoms with Gasteiger partial charge in [0.2, 0.25) is 0 Å². The molecule has 0 unspecified atom stereocenters. The quantitative estimate of drug-likeness (QED) is 0.825. The van der Waals surface area contributed by atoms with E-state index in [1.807, 2.05) is 6.92 Å². The predicted molar refractivity (Wildman–Crippen MR) is 73.4 cm³/mol. The molecule has 3 nitrogen and oxygen atoms in total. The van der Waals surface area contributed by atoms with Crippen LogP contribution in [0.1, 0.15) is 39.0 Å². The van der Waals surface area contributed by atoms with E-state index in [9.17, 15) is 8.78 Å². The van der Waals surface area contributed by atoms with E-state index in [0.717, 1.165) is 12.5 Å². The highest BCUT2D eigenvalue weighted by molar-refractivity contribution is 5.47. The van der Waals surface area contributed by atoms with Crippen LogP contribution in [-0.2, 0) is 0 Å². The van der Waals surface area contributed by atoms with Crippen molar-refractivity contribution in [3.63, 3.8) is 0 Å². The fourth-order valence-electron chi connectivity index (χ4n) is 2.41. The lowest BCUT2D eigenvalue weighted by molar-refractivity contribution is 0.561. The van der Waals surface area contributed by atoms with Crippen LogP contribution in [0.5, 0.6) is 0 Å². The molecule has 0 saturated heterocycles. The first kappa shape index (κ1) is 14.0. The standard InChI is InChI=1S/C14H21F2N3/c1-2-7-17-13-11(15)8-12(16)14(19-13)18-9-10-5-3-4-6-10/h8,10H,2-7,9H2,1H3,(H2,17,18,19). The molecule has 1 aliphatic rings. The van der Waals surface area contributed by atoms with Gasteiger partial charge in [-0.1, -0.05) is 19.8 Å². The molecule has 0 spiro atoms. The van der Waals surface area contributed by atoms with Gasteiger partial charge in [0.15, 0.2) is 23.3 Å². The summed E-state index contributed by atoms with van der Waals surface area (Å²) in [7, 11) is 0. The normalized spacial score (nSPS) is 15.7. The maximum Gasteiger partial charge on any atom is 0.168 e. The van der Waals surface area contributed by atoms with Gasteiger partial charge in [-0.05, 0) is 25.2 Å². The van der Waals surface area contributed by atoms with Crippen molar-refractivity contribution in [2.45, 2.75) is 39.0 Å². The number of hydrogen-bond donors (Lipinski definition) is 2. The Morgan fingerprint density at radius 2 is 1.79 bits per heavy atom. The summed E-state index contributed by atoms with van der Waals surface area (Å²) in [6.45, 7) is 3.31. The highest BCUT2D eigenvalue weighted by Gasteiger charge is 2.17. The van der Waals surface area contributed by atoms with Crippen LogP contribution in [0, 0.1) is 17.6 Å². The van der Waals surface area contributed by atoms with Crippen LogP contribution in [0.25, 0.3) is 0 Å². The Hall–Kier alpha value is -1.39. The number of halogens is 2. The summed E-state index contributed by atoms with van der Waals surface area (Å²) in [6, 6.07) is 0.891. The summed E-state index contributed by atoms with van der Waals surface area (Å²) in [5.74, 6) is -0.419. The van der Waals surface area contributed by atoms with Crippen LogP contribution in [-0.4, -0.2) is 18.1 Å². The molecule has 0 amide bonds. The third-order valence-corrected chi connectivity index (χ3v) is 3.50. The Bertz CT molecular complexity index is 417. The molecule has 0 aromatic carbocycles. The number of aromatic nitrogens is 1. The molecule has 106 valence electrons. The van der Waals surface area contributed by atoms with Gasteiger partial charge >= 0.3 is 0 Å². The summed E-state index contributed by atoms with van der Waals surface area (Å²) < 4.78 is 27.1. The lowest BCUT2D eigenvalue weighted by Crippen LogP contribution is -2.14. The fraction of sp³-hybridized carbons (Fsp3) is 0.643. The van der Waals surface area contributed by atoms with Crippen molar-refractivity contribution >= 4 is 11.6 Å². The third kappa shape index (κ3) is 3.78. The molecule has 2 N–H and O–H groups in total. The Morgan fingerprint density at radius 3 is 2.42 bits per heavy atom. The first-order chi connectivity index (χ1) is 9.20. The van der Waals surface area contributed by atoms with Gasteiger partial charge < -0.3 is 10.6 Å². The second-order valence-electron chi connectivity index (χ2n) is 5.11. The van der Waals surface area contributed by atoms with E-state index < -0.39 is 11.6 Å². The van der Waals surface area contributed by atoms with Gasteiger partial charge in [-0.2, -0.15) is 0 Å². The minimum atomic E-state index is -0.641. The number of nitrogens with one attached hydrogen (secondary N) is 2. The van der Waals surface area contributed by atoms with Crippen molar-refractivity contribution in [3.8, 4) is 0 Å². The van der Waals surface area contributed by atoms with E-state index in [4.69, 9.17) is 0 Å². The van der Waals surface area contributed by atoms with Crippen molar-refractivity contribution in [3.05, 3.63) is 17.7 Å². The monoisotopic (exact) mass is 269 g/mol. The molecule has 0 radical (unpaired) electrons. The fourth-order valence-corrected chi connectivity index (χ4v) is 2.41. The summed E-state index contributed by atoms with van der Waals surface area (Å²) in [5, 5.41) is 5.87. The Kier molecular flexibility index (Phi) is 4.93. The van der Waals surface area contributed by atoms with Crippen molar-refractivity contribution in [1.82, 2.24) is 4.98 Å². The molecular formula is C14H21F2N3. The zero-order chi connectivity index (χ0) is 13.7. The average molecular weight is 269 g/mol. The smallest absolute Gasteiger partial charge is 0.168 e. The Balaban J connectivity index is 2.01. The van der Waals surface area contributed by atoms with Gasteiger partial charge in [0.05, 0.1) is 0 Å². The summed E-state index contributed by atoms with van der Waals surface area (Å²) in [5.41, 5.74) is 0. The number of rotatable bonds is 6. The Morgan fingerprint density at radius 1 is 1.16 bits per heavy atom. The molecule has 2 rings (SSSR count). The van der Waals surface area contributed by atoms with E-state index in [-0.39, 0.29) is 11.6 Å². The van der Waals surface area contributed by atoms with Gasteiger partial charge in [0.25, 0.3) is 0 Å². The predicted octanol–water partition coefficient (Wildman–Crippen LogP) is 3.78. The minimum absolute atomic E-state index is 0.122. The highest BCUT2D eigenvalue weighted by atomic mass is 19.1. The van der Waals surface area contributed by atoms with E-state index in [1.54, 1.807) is 0 Å². The Labute approximate surface area is 112 Å². The van der Waals surface area contributed by atoms with Crippen LogP contribution in [0.4, 0.5) is 20.4 Å². The van der Waals surface area contributed by atoms with Crippen molar-refractivity contribution in [2.75, 3.05) is 23.7 Å². The second-order valence-corrected chi connectivity index (χ2v) is 5.11. The van der Waals surface area contributed by atoms with E-state index in [0.29, 0.717) is 19.0 Å². The van der Waals surface area contributed by atoms with E-state index >= 15 is 0 Å². The molecular weight excluding hydrogens is 248 g/mol. The topological polar surface area (TPSA) is 37.0 Å². The largest absolute Gasteiger partial charge is 0.368 e. The van der Waals surface area contributed by atoms with Crippen LogP contribution in [0.2, 0.25) is 0 Å². The molecule has 0 aliphatic heterocycles. The number of pyridine rings is 1. The zero-order valence-electron chi connectivity index (χ0n) is 11.3. The maximum atomic E-state index is 13.6. The van der Waals surface area contributed by atoms with Gasteiger partial charge in [0.1, 0.15) is 0 Å². The molecule has 1 aromatic heterocycles. The second kappa shape index (κ2) is 6.68. The van der Waals surface area contributed by atoms with Crippen molar-refractivity contribution in [2.24, 2.45) is 5.92 Å². The SMILES string of the molecule is CCCNc1nc(NCC2CCCC2)c(F)cc1F. The molecule has 5 heteroatoms. The molecule has 1 aromatic rings. The van der Waals surface area contributed by atoms with Gasteiger partial charge in [-0.3, -0.25) is 0 Å². The number of anilines is 2. The number of hydrogen-bond acceptors (Lipinski definition) is 3. The molecule has 0 atom stereocenters. The summed E-state index contributed by atoms with van der Waals surface area (Å²) in [4.78, 5) is 4.00. The van der Waals surface area contributed by atoms with E-state index in [2.05, 4.69) is 15.6 Å². The van der Waals surface area contributed by atoms with Gasteiger partial charge in [-0.15, -0.1) is 0 Å². The molecule has 0 bridgehead atoms. The lowest BCUT2D eigenvalue weighted by atomic mass is 10.1. The number of nitrogens with zero attached hydrogens (tertiary/aromatic N) is 1. The molecule has 1 heterocycles. The summed E-state index contributed by atoms with van der Waals surface area (Å²) >= 11 is 0. The molecule has 1 saturated carbocycles. The van der Waals surface area contributed by atoms with E-state index in [1.165, 1.54) is 25.7 Å². The molecule has 1 fully saturated rings. The minimum Gasteiger partial charge on any atom is -0.368 e. The lowest BCUT2D eigenvalue weighted by Gasteiger charge is -2.13. The first-order valence-corrected chi connectivity index (χ1v) is 7.04. The average Bonchev–Trinajstić information content (AvgIpc) is 2.90. The van der Waals surface area contributed by atoms with Crippen molar-refractivity contribution < 1.29 is 8.78 Å². The summed E-state index contributed by atoms with van der Waals surface area (Å²) in [6.07, 6.45) is 5.71. The van der Waals surface area contributed by atoms with Crippen LogP contribution in [0.15, 0.2) is 6.07 Å². The third-order valence-electron chi connectivity index (χ3n) is 3.50. The highest BCUT2D eigenvalue weighted by Crippen LogP contribution is 2.26. The maximum absolute atomic E-state index is 13.6. The van der Waals surface area contributed by atoms with Crippen LogP contribution >= 0.6 is 0 Å². The van der Waals surface area contributed by atoms with Crippen molar-refractivity contribution in [1.29, 1.82) is 0 Å².